The van der Waals surface area contributed by atoms with Gasteiger partial charge in [-0.25, -0.2) is 14.8 Å². The van der Waals surface area contributed by atoms with E-state index in [9.17, 15) is 9.59 Å². The Morgan fingerprint density at radius 3 is 1.88 bits per heavy atom. The molecule has 0 spiro atoms. The second-order valence-electron chi connectivity index (χ2n) is 11.9. The van der Waals surface area contributed by atoms with Gasteiger partial charge < -0.3 is 19.9 Å². The minimum Gasteiger partial charge on any atom is -0.481 e. The molecule has 0 unspecified atom stereocenters. The summed E-state index contributed by atoms with van der Waals surface area (Å²) < 4.78 is 16.0. The summed E-state index contributed by atoms with van der Waals surface area (Å²) in [6.45, 7) is 10.8. The highest BCUT2D eigenvalue weighted by Gasteiger charge is 2.18. The number of nitrogens with zero attached hydrogens (tertiary/aromatic N) is 2. The first-order valence-corrected chi connectivity index (χ1v) is 16.3. The number of ketones is 1. The van der Waals surface area contributed by atoms with Crippen LogP contribution in [0.5, 0.6) is 11.5 Å². The Balaban J connectivity index is 0.000000232. The Morgan fingerprint density at radius 2 is 1.32 bits per heavy atom. The standard InChI is InChI=1S/C23H22N2O3.C19H19NO2/c1-5-13-28-18-11-12-20-19(14-18)21(25-22(24-20)23(26)27-6-2)17-9-7-16(8-10-17)15(3)4;1-4-11-22-16-9-10-18(20)17(12-16)19(21)15-7-5-14(6-8-15)13(2)3/h1,7-12,14-15H,6,13H2,2-4H3;1,5-10,12-13H,11,20H2,2-3H3. The van der Waals surface area contributed by atoms with Gasteiger partial charge in [0.25, 0.3) is 0 Å². The number of benzene rings is 4. The summed E-state index contributed by atoms with van der Waals surface area (Å²) in [7, 11) is 0. The molecule has 4 aromatic carbocycles. The molecule has 0 aliphatic rings. The van der Waals surface area contributed by atoms with Crippen LogP contribution in [0.4, 0.5) is 5.69 Å². The number of carbonyl (C=O) groups is 2. The van der Waals surface area contributed by atoms with Crippen LogP contribution in [0, 0.1) is 24.7 Å². The Hall–Kier alpha value is -6.12. The molecular weight excluding hydrogens is 626 g/mol. The molecule has 0 saturated heterocycles. The molecule has 0 atom stereocenters. The molecule has 8 nitrogen and oxygen atoms in total. The number of fused-ring (bicyclic) bond motifs is 1. The lowest BCUT2D eigenvalue weighted by atomic mass is 9.97. The molecule has 1 aromatic heterocycles. The predicted molar refractivity (Wildman–Crippen MR) is 198 cm³/mol. The summed E-state index contributed by atoms with van der Waals surface area (Å²) in [5.74, 6) is 6.22. The quantitative estimate of drug-likeness (QED) is 0.0649. The van der Waals surface area contributed by atoms with Crippen molar-refractivity contribution in [3.63, 3.8) is 0 Å². The SMILES string of the molecule is C#CCOc1ccc(N)c(C(=O)c2ccc(C(C)C)cc2)c1.C#CCOc1ccc2nc(C(=O)OCC)nc(-c3ccc(C(C)C)cc3)c2c1. The van der Waals surface area contributed by atoms with Gasteiger partial charge >= 0.3 is 5.97 Å². The fourth-order valence-corrected chi connectivity index (χ4v) is 4.98. The van der Waals surface area contributed by atoms with Crippen molar-refractivity contribution < 1.29 is 23.8 Å². The summed E-state index contributed by atoms with van der Waals surface area (Å²) in [5.41, 5.74) is 11.9. The second kappa shape index (κ2) is 17.3. The predicted octanol–water partition coefficient (Wildman–Crippen LogP) is 8.24. The monoisotopic (exact) mass is 667 g/mol. The lowest BCUT2D eigenvalue weighted by Gasteiger charge is -2.11. The van der Waals surface area contributed by atoms with E-state index in [4.69, 9.17) is 32.8 Å². The molecule has 0 bridgehead atoms. The van der Waals surface area contributed by atoms with Crippen molar-refractivity contribution in [1.82, 2.24) is 9.97 Å². The van der Waals surface area contributed by atoms with E-state index in [1.54, 1.807) is 37.3 Å². The van der Waals surface area contributed by atoms with Crippen LogP contribution in [0.25, 0.3) is 22.2 Å². The number of esters is 1. The third-order valence-electron chi connectivity index (χ3n) is 7.73. The van der Waals surface area contributed by atoms with Gasteiger partial charge in [0.1, 0.15) is 24.7 Å². The molecule has 0 radical (unpaired) electrons. The minimum atomic E-state index is -0.544. The van der Waals surface area contributed by atoms with E-state index < -0.39 is 5.97 Å². The van der Waals surface area contributed by atoms with Crippen LogP contribution < -0.4 is 15.2 Å². The summed E-state index contributed by atoms with van der Waals surface area (Å²) in [4.78, 5) is 33.7. The van der Waals surface area contributed by atoms with Gasteiger partial charge in [0.15, 0.2) is 5.78 Å². The zero-order chi connectivity index (χ0) is 36.2. The molecule has 8 heteroatoms. The van der Waals surface area contributed by atoms with Gasteiger partial charge in [0.05, 0.1) is 17.8 Å². The van der Waals surface area contributed by atoms with Crippen molar-refractivity contribution in [3.8, 4) is 47.4 Å². The molecule has 5 rings (SSSR count). The van der Waals surface area contributed by atoms with Gasteiger partial charge in [-0.05, 0) is 66.3 Å². The van der Waals surface area contributed by atoms with Crippen molar-refractivity contribution in [2.24, 2.45) is 0 Å². The van der Waals surface area contributed by atoms with E-state index in [1.165, 1.54) is 11.1 Å². The Labute approximate surface area is 294 Å². The number of ether oxygens (including phenoxy) is 3. The number of aromatic nitrogens is 2. The number of rotatable bonds is 11. The molecule has 0 saturated carbocycles. The first kappa shape index (κ1) is 36.7. The average Bonchev–Trinajstić information content (AvgIpc) is 3.13. The third-order valence-corrected chi connectivity index (χ3v) is 7.73. The van der Waals surface area contributed by atoms with Crippen LogP contribution in [-0.2, 0) is 4.74 Å². The second-order valence-corrected chi connectivity index (χ2v) is 11.9. The van der Waals surface area contributed by atoms with Crippen molar-refractivity contribution in [2.75, 3.05) is 25.6 Å². The van der Waals surface area contributed by atoms with Gasteiger partial charge in [-0.1, -0.05) is 88.1 Å². The number of carbonyl (C=O) groups excluding carboxylic acids is 2. The zero-order valence-electron chi connectivity index (χ0n) is 29.0. The van der Waals surface area contributed by atoms with Crippen LogP contribution in [-0.4, -0.2) is 41.5 Å². The topological polar surface area (TPSA) is 114 Å². The molecule has 1 heterocycles. The first-order chi connectivity index (χ1) is 24.1. The minimum absolute atomic E-state index is 0.0366. The van der Waals surface area contributed by atoms with Gasteiger partial charge in [-0.3, -0.25) is 4.79 Å². The lowest BCUT2D eigenvalue weighted by molar-refractivity contribution is 0.0512. The molecule has 50 heavy (non-hydrogen) atoms. The molecule has 0 aliphatic carbocycles. The maximum atomic E-state index is 12.6. The van der Waals surface area contributed by atoms with Gasteiger partial charge in [0, 0.05) is 27.8 Å². The summed E-state index contributed by atoms with van der Waals surface area (Å²) in [5, 5.41) is 0.778. The fraction of sp³-hybridized carbons (Fsp3) is 0.238. The van der Waals surface area contributed by atoms with Crippen LogP contribution in [0.2, 0.25) is 0 Å². The molecule has 254 valence electrons. The highest BCUT2D eigenvalue weighted by atomic mass is 16.5. The number of hydrogen-bond donors (Lipinski definition) is 1. The van der Waals surface area contributed by atoms with E-state index in [2.05, 4.69) is 61.6 Å². The Kier molecular flexibility index (Phi) is 12.7. The highest BCUT2D eigenvalue weighted by molar-refractivity contribution is 6.12. The maximum absolute atomic E-state index is 12.6. The molecule has 5 aromatic rings. The van der Waals surface area contributed by atoms with E-state index >= 15 is 0 Å². The third kappa shape index (κ3) is 9.27. The van der Waals surface area contributed by atoms with E-state index in [1.807, 2.05) is 42.5 Å². The van der Waals surface area contributed by atoms with Gasteiger partial charge in [-0.2, -0.15) is 0 Å². The van der Waals surface area contributed by atoms with Crippen LogP contribution >= 0.6 is 0 Å². The van der Waals surface area contributed by atoms with Gasteiger partial charge in [0.2, 0.25) is 5.82 Å². The summed E-state index contributed by atoms with van der Waals surface area (Å²) in [6.07, 6.45) is 10.4. The molecule has 2 N–H and O–H groups in total. The van der Waals surface area contributed by atoms with Gasteiger partial charge in [-0.15, -0.1) is 12.8 Å². The molecule has 0 amide bonds. The van der Waals surface area contributed by atoms with E-state index in [0.29, 0.717) is 51.4 Å². The molecular formula is C42H41N3O5. The summed E-state index contributed by atoms with van der Waals surface area (Å²) >= 11 is 0. The van der Waals surface area contributed by atoms with Crippen molar-refractivity contribution in [3.05, 3.63) is 113 Å². The maximum Gasteiger partial charge on any atom is 0.376 e. The largest absolute Gasteiger partial charge is 0.481 e. The normalized spacial score (nSPS) is 10.5. The number of hydrogen-bond acceptors (Lipinski definition) is 8. The lowest BCUT2D eigenvalue weighted by Crippen LogP contribution is -2.11. The number of nitrogen functional groups attached to an aromatic ring is 1. The molecule has 0 aliphatic heterocycles. The Bertz CT molecular complexity index is 2040. The summed E-state index contributed by atoms with van der Waals surface area (Å²) in [6, 6.07) is 26.1. The van der Waals surface area contributed by atoms with Crippen molar-refractivity contribution in [1.29, 1.82) is 0 Å². The van der Waals surface area contributed by atoms with E-state index in [-0.39, 0.29) is 31.4 Å². The van der Waals surface area contributed by atoms with Crippen molar-refractivity contribution in [2.45, 2.75) is 46.5 Å². The first-order valence-electron chi connectivity index (χ1n) is 16.3. The van der Waals surface area contributed by atoms with Crippen LogP contribution in [0.1, 0.15) is 84.1 Å². The number of anilines is 1. The van der Waals surface area contributed by atoms with Crippen molar-refractivity contribution >= 4 is 28.3 Å². The average molecular weight is 668 g/mol. The zero-order valence-corrected chi connectivity index (χ0v) is 29.0. The number of nitrogens with two attached hydrogens (primary N) is 1. The number of terminal acetylenes is 2. The smallest absolute Gasteiger partial charge is 0.376 e. The fourth-order valence-electron chi connectivity index (χ4n) is 4.98. The van der Waals surface area contributed by atoms with Crippen LogP contribution in [0.15, 0.2) is 84.9 Å². The molecule has 0 fully saturated rings. The van der Waals surface area contributed by atoms with E-state index in [0.717, 1.165) is 10.9 Å². The Morgan fingerprint density at radius 1 is 0.760 bits per heavy atom. The highest BCUT2D eigenvalue weighted by Crippen LogP contribution is 2.31. The van der Waals surface area contributed by atoms with Crippen LogP contribution in [0.3, 0.4) is 0 Å².